The van der Waals surface area contributed by atoms with Crippen molar-refractivity contribution in [2.75, 3.05) is 0 Å². The van der Waals surface area contributed by atoms with E-state index >= 15 is 0 Å². The summed E-state index contributed by atoms with van der Waals surface area (Å²) in [6.45, 7) is 3.52. The predicted molar refractivity (Wildman–Crippen MR) is 127 cm³/mol. The SMILES string of the molecule is Cc1ccc2c(c1)cc(CN(C(=S)NCc1ccccc1)C1CCCC1)c1nnnn12. The van der Waals surface area contributed by atoms with E-state index in [0.29, 0.717) is 12.6 Å². The van der Waals surface area contributed by atoms with Crippen molar-refractivity contribution in [3.8, 4) is 0 Å². The molecule has 31 heavy (non-hydrogen) atoms. The summed E-state index contributed by atoms with van der Waals surface area (Å²) in [6, 6.07) is 19.4. The van der Waals surface area contributed by atoms with Crippen molar-refractivity contribution in [3.63, 3.8) is 0 Å². The summed E-state index contributed by atoms with van der Waals surface area (Å²) in [5.41, 5.74) is 5.36. The fraction of sp³-hybridized carbons (Fsp3) is 0.333. The number of hydrogen-bond donors (Lipinski definition) is 1. The van der Waals surface area contributed by atoms with Crippen LogP contribution in [0.1, 0.15) is 42.4 Å². The van der Waals surface area contributed by atoms with Crippen LogP contribution in [0.4, 0.5) is 0 Å². The number of hydrogen-bond acceptors (Lipinski definition) is 4. The fourth-order valence-electron chi connectivity index (χ4n) is 4.54. The Labute approximate surface area is 187 Å². The number of pyridine rings is 1. The Kier molecular flexibility index (Phi) is 5.51. The summed E-state index contributed by atoms with van der Waals surface area (Å²) >= 11 is 5.89. The lowest BCUT2D eigenvalue weighted by Crippen LogP contribution is -2.44. The van der Waals surface area contributed by atoms with E-state index < -0.39 is 0 Å². The zero-order valence-corrected chi connectivity index (χ0v) is 18.5. The van der Waals surface area contributed by atoms with Gasteiger partial charge in [0.2, 0.25) is 0 Å². The standard InChI is InChI=1S/C24H26N6S/c1-17-11-12-22-19(13-17)14-20(23-26-27-28-30(22)23)16-29(21-9-5-6-10-21)24(31)25-15-18-7-3-2-4-8-18/h2-4,7-8,11-14,21H,5-6,9-10,15-16H2,1H3,(H,25,31). The monoisotopic (exact) mass is 430 g/mol. The molecule has 158 valence electrons. The van der Waals surface area contributed by atoms with Crippen molar-refractivity contribution in [2.24, 2.45) is 0 Å². The smallest absolute Gasteiger partial charge is 0.184 e. The summed E-state index contributed by atoms with van der Waals surface area (Å²) in [5.74, 6) is 0. The average molecular weight is 431 g/mol. The summed E-state index contributed by atoms with van der Waals surface area (Å²) in [6.07, 6.45) is 4.84. The fourth-order valence-corrected chi connectivity index (χ4v) is 4.83. The Hall–Kier alpha value is -3.06. The maximum absolute atomic E-state index is 5.89. The van der Waals surface area contributed by atoms with Crippen molar-refractivity contribution >= 4 is 33.9 Å². The normalized spacial score (nSPS) is 14.4. The molecule has 0 bridgehead atoms. The van der Waals surface area contributed by atoms with Crippen molar-refractivity contribution in [3.05, 3.63) is 71.3 Å². The van der Waals surface area contributed by atoms with Gasteiger partial charge in [0.05, 0.1) is 5.52 Å². The average Bonchev–Trinajstić information content (AvgIpc) is 3.49. The van der Waals surface area contributed by atoms with Gasteiger partial charge in [-0.3, -0.25) is 0 Å². The molecule has 1 saturated carbocycles. The molecule has 0 radical (unpaired) electrons. The second kappa shape index (κ2) is 8.59. The zero-order valence-electron chi connectivity index (χ0n) is 17.7. The first-order valence-electron chi connectivity index (χ1n) is 10.9. The van der Waals surface area contributed by atoms with Crippen LogP contribution in [0.15, 0.2) is 54.6 Å². The molecule has 0 unspecified atom stereocenters. The molecule has 0 amide bonds. The maximum atomic E-state index is 5.89. The van der Waals surface area contributed by atoms with Crippen LogP contribution in [0.25, 0.3) is 16.6 Å². The number of aromatic nitrogens is 4. The Morgan fingerprint density at radius 1 is 1.13 bits per heavy atom. The van der Waals surface area contributed by atoms with E-state index in [1.807, 2.05) is 10.6 Å². The number of thiocarbonyl (C=S) groups is 1. The number of rotatable bonds is 5. The van der Waals surface area contributed by atoms with E-state index in [4.69, 9.17) is 12.2 Å². The van der Waals surface area contributed by atoms with Gasteiger partial charge in [0.15, 0.2) is 10.8 Å². The quantitative estimate of drug-likeness (QED) is 0.474. The first kappa shape index (κ1) is 19.9. The molecule has 2 aromatic heterocycles. The summed E-state index contributed by atoms with van der Waals surface area (Å²) < 4.78 is 1.84. The minimum absolute atomic E-state index is 0.444. The van der Waals surface area contributed by atoms with Gasteiger partial charge in [-0.05, 0) is 66.2 Å². The van der Waals surface area contributed by atoms with Gasteiger partial charge in [-0.1, -0.05) is 54.8 Å². The second-order valence-electron chi connectivity index (χ2n) is 8.36. The lowest BCUT2D eigenvalue weighted by Gasteiger charge is -2.32. The topological polar surface area (TPSA) is 58.3 Å². The van der Waals surface area contributed by atoms with E-state index in [9.17, 15) is 0 Å². The van der Waals surface area contributed by atoms with Crippen LogP contribution in [0.2, 0.25) is 0 Å². The van der Waals surface area contributed by atoms with Crippen LogP contribution < -0.4 is 5.32 Å². The largest absolute Gasteiger partial charge is 0.358 e. The Balaban J connectivity index is 1.46. The molecule has 6 nitrogen and oxygen atoms in total. The molecule has 0 spiro atoms. The van der Waals surface area contributed by atoms with E-state index in [0.717, 1.165) is 33.8 Å². The van der Waals surface area contributed by atoms with Gasteiger partial charge in [0.25, 0.3) is 0 Å². The van der Waals surface area contributed by atoms with Gasteiger partial charge in [0.1, 0.15) is 0 Å². The van der Waals surface area contributed by atoms with Crippen molar-refractivity contribution < 1.29 is 0 Å². The number of fused-ring (bicyclic) bond motifs is 3. The molecule has 2 heterocycles. The molecular formula is C24H26N6S. The Morgan fingerprint density at radius 3 is 2.74 bits per heavy atom. The highest BCUT2D eigenvalue weighted by atomic mass is 32.1. The molecule has 1 aliphatic rings. The van der Waals surface area contributed by atoms with E-state index in [2.05, 4.69) is 81.2 Å². The molecule has 0 aliphatic heterocycles. The van der Waals surface area contributed by atoms with Gasteiger partial charge in [-0.15, -0.1) is 5.10 Å². The first-order valence-corrected chi connectivity index (χ1v) is 11.3. The minimum Gasteiger partial charge on any atom is -0.358 e. The highest BCUT2D eigenvalue weighted by Crippen LogP contribution is 2.27. The van der Waals surface area contributed by atoms with Crippen molar-refractivity contribution in [1.82, 2.24) is 30.3 Å². The molecule has 0 saturated heterocycles. The van der Waals surface area contributed by atoms with Gasteiger partial charge < -0.3 is 10.2 Å². The molecule has 4 aromatic rings. The number of nitrogens with one attached hydrogen (secondary N) is 1. The Morgan fingerprint density at radius 2 is 1.94 bits per heavy atom. The highest BCUT2D eigenvalue weighted by Gasteiger charge is 2.26. The molecule has 5 rings (SSSR count). The summed E-state index contributed by atoms with van der Waals surface area (Å²) in [7, 11) is 0. The van der Waals surface area contributed by atoms with E-state index in [1.54, 1.807) is 0 Å². The second-order valence-corrected chi connectivity index (χ2v) is 8.74. The van der Waals surface area contributed by atoms with Crippen molar-refractivity contribution in [1.29, 1.82) is 0 Å². The lowest BCUT2D eigenvalue weighted by atomic mass is 10.1. The van der Waals surface area contributed by atoms with Gasteiger partial charge >= 0.3 is 0 Å². The van der Waals surface area contributed by atoms with E-state index in [-0.39, 0.29) is 0 Å². The Bertz CT molecular complexity index is 1210. The molecule has 1 fully saturated rings. The van der Waals surface area contributed by atoms with Crippen LogP contribution >= 0.6 is 12.2 Å². The molecule has 1 N–H and O–H groups in total. The molecule has 0 atom stereocenters. The molecular weight excluding hydrogens is 404 g/mol. The third-order valence-electron chi connectivity index (χ3n) is 6.15. The van der Waals surface area contributed by atoms with Crippen LogP contribution in [-0.4, -0.2) is 36.1 Å². The summed E-state index contributed by atoms with van der Waals surface area (Å²) in [4.78, 5) is 2.34. The van der Waals surface area contributed by atoms with E-state index in [1.165, 1.54) is 36.8 Å². The predicted octanol–water partition coefficient (Wildman–Crippen LogP) is 4.41. The minimum atomic E-state index is 0.444. The van der Waals surface area contributed by atoms with Gasteiger partial charge in [-0.25, -0.2) is 0 Å². The zero-order chi connectivity index (χ0) is 21.2. The first-order chi connectivity index (χ1) is 15.2. The molecule has 1 aliphatic carbocycles. The number of benzene rings is 2. The van der Waals surface area contributed by atoms with Crippen LogP contribution in [0.3, 0.4) is 0 Å². The van der Waals surface area contributed by atoms with Crippen molar-refractivity contribution in [2.45, 2.75) is 51.7 Å². The third kappa shape index (κ3) is 4.10. The lowest BCUT2D eigenvalue weighted by molar-refractivity contribution is 0.304. The highest BCUT2D eigenvalue weighted by molar-refractivity contribution is 7.80. The van der Waals surface area contributed by atoms with Crippen LogP contribution in [-0.2, 0) is 13.1 Å². The van der Waals surface area contributed by atoms with Gasteiger partial charge in [0, 0.05) is 30.1 Å². The third-order valence-corrected chi connectivity index (χ3v) is 6.53. The number of tetrazole rings is 1. The summed E-state index contributed by atoms with van der Waals surface area (Å²) in [5, 5.41) is 18.0. The van der Waals surface area contributed by atoms with Crippen LogP contribution in [0, 0.1) is 6.92 Å². The maximum Gasteiger partial charge on any atom is 0.184 e. The molecule has 2 aromatic carbocycles. The van der Waals surface area contributed by atoms with Gasteiger partial charge in [-0.2, -0.15) is 4.52 Å². The number of nitrogens with zero attached hydrogens (tertiary/aromatic N) is 5. The number of aryl methyl sites for hydroxylation is 1. The van der Waals surface area contributed by atoms with Crippen LogP contribution in [0.5, 0.6) is 0 Å². The molecule has 7 heteroatoms.